The zero-order chi connectivity index (χ0) is 12.0. The van der Waals surface area contributed by atoms with Crippen LogP contribution in [0.25, 0.3) is 0 Å². The van der Waals surface area contributed by atoms with E-state index in [0.717, 1.165) is 16.9 Å². The Morgan fingerprint density at radius 1 is 0.938 bits per heavy atom. The van der Waals surface area contributed by atoms with Crippen LogP contribution in [-0.4, -0.2) is 37.6 Å². The highest BCUT2D eigenvalue weighted by Crippen LogP contribution is 2.30. The molecule has 2 N–H and O–H groups in total. The fourth-order valence-corrected chi connectivity index (χ4v) is 1.71. The number of benzene rings is 1. The third kappa shape index (κ3) is 2.87. The molecule has 0 bridgehead atoms. The van der Waals surface area contributed by atoms with Crippen molar-refractivity contribution in [1.29, 1.82) is 0 Å². The number of aliphatic hydroxyl groups is 2. The smallest absolute Gasteiger partial charge is 0.125 e. The van der Waals surface area contributed by atoms with Crippen molar-refractivity contribution >= 4 is 0 Å². The second-order valence-corrected chi connectivity index (χ2v) is 3.43. The summed E-state index contributed by atoms with van der Waals surface area (Å²) in [6.45, 7) is 0.115. The molecule has 90 valence electrons. The van der Waals surface area contributed by atoms with Gasteiger partial charge in [-0.05, 0) is 25.0 Å². The molecule has 0 saturated heterocycles. The minimum absolute atomic E-state index is 0.0576. The van der Waals surface area contributed by atoms with Crippen LogP contribution in [0, 0.1) is 0 Å². The van der Waals surface area contributed by atoms with Gasteiger partial charge in [-0.15, -0.1) is 0 Å². The van der Waals surface area contributed by atoms with Gasteiger partial charge in [-0.3, -0.25) is 0 Å². The van der Waals surface area contributed by atoms with Crippen LogP contribution in [0.5, 0.6) is 11.5 Å². The average molecular weight is 226 g/mol. The zero-order valence-electron chi connectivity index (χ0n) is 9.69. The van der Waals surface area contributed by atoms with E-state index in [1.54, 1.807) is 14.2 Å². The van der Waals surface area contributed by atoms with Crippen molar-refractivity contribution in [3.63, 3.8) is 0 Å². The Morgan fingerprint density at radius 2 is 1.44 bits per heavy atom. The van der Waals surface area contributed by atoms with E-state index in [1.807, 2.05) is 12.1 Å². The fraction of sp³-hybridized carbons (Fsp3) is 0.500. The molecule has 0 radical (unpaired) electrons. The Bertz CT molecular complexity index is 309. The Balaban J connectivity index is 3.16. The van der Waals surface area contributed by atoms with E-state index in [2.05, 4.69) is 0 Å². The lowest BCUT2D eigenvalue weighted by Gasteiger charge is -2.14. The zero-order valence-corrected chi connectivity index (χ0v) is 9.69. The van der Waals surface area contributed by atoms with Crippen LogP contribution in [0.15, 0.2) is 12.1 Å². The summed E-state index contributed by atoms with van der Waals surface area (Å²) in [6.07, 6.45) is 1.03. The maximum Gasteiger partial charge on any atom is 0.125 e. The largest absolute Gasteiger partial charge is 0.497 e. The van der Waals surface area contributed by atoms with Crippen LogP contribution in [-0.2, 0) is 12.8 Å². The molecule has 0 saturated carbocycles. The summed E-state index contributed by atoms with van der Waals surface area (Å²) in [7, 11) is 3.18. The molecule has 0 amide bonds. The topological polar surface area (TPSA) is 58.9 Å². The van der Waals surface area contributed by atoms with Crippen molar-refractivity contribution in [3.8, 4) is 11.5 Å². The predicted octanol–water partition coefficient (Wildman–Crippen LogP) is 0.773. The molecule has 0 atom stereocenters. The predicted molar refractivity (Wildman–Crippen MR) is 61.1 cm³/mol. The maximum atomic E-state index is 8.98. The van der Waals surface area contributed by atoms with E-state index in [9.17, 15) is 0 Å². The summed E-state index contributed by atoms with van der Waals surface area (Å²) >= 11 is 0. The van der Waals surface area contributed by atoms with Crippen LogP contribution in [0.3, 0.4) is 0 Å². The first-order chi connectivity index (χ1) is 7.76. The normalized spacial score (nSPS) is 10.2. The van der Waals surface area contributed by atoms with Gasteiger partial charge in [0, 0.05) is 24.3 Å². The van der Waals surface area contributed by atoms with Crippen LogP contribution in [0.2, 0.25) is 0 Å². The van der Waals surface area contributed by atoms with E-state index in [-0.39, 0.29) is 13.2 Å². The van der Waals surface area contributed by atoms with Gasteiger partial charge in [-0.1, -0.05) is 0 Å². The van der Waals surface area contributed by atoms with Gasteiger partial charge in [0.05, 0.1) is 14.2 Å². The summed E-state index contributed by atoms with van der Waals surface area (Å²) in [5.74, 6) is 1.44. The van der Waals surface area contributed by atoms with Gasteiger partial charge in [0.15, 0.2) is 0 Å². The summed E-state index contributed by atoms with van der Waals surface area (Å²) in [6, 6.07) is 3.69. The van der Waals surface area contributed by atoms with Gasteiger partial charge in [0.1, 0.15) is 11.5 Å². The Hall–Kier alpha value is -1.26. The standard InChI is InChI=1S/C12H18O4/c1-15-11-7-9(3-5-13)12(16-2)10(8-11)4-6-14/h7-8,13-14H,3-6H2,1-2H3. The number of rotatable bonds is 6. The molecular formula is C12H18O4. The van der Waals surface area contributed by atoms with E-state index >= 15 is 0 Å². The highest BCUT2D eigenvalue weighted by Gasteiger charge is 2.11. The monoisotopic (exact) mass is 226 g/mol. The van der Waals surface area contributed by atoms with E-state index in [0.29, 0.717) is 18.6 Å². The second kappa shape index (κ2) is 6.35. The van der Waals surface area contributed by atoms with Crippen LogP contribution in [0.4, 0.5) is 0 Å². The molecule has 0 spiro atoms. The number of hydrogen-bond acceptors (Lipinski definition) is 4. The quantitative estimate of drug-likeness (QED) is 0.752. The third-order valence-electron chi connectivity index (χ3n) is 2.42. The Labute approximate surface area is 95.4 Å². The van der Waals surface area contributed by atoms with Crippen molar-refractivity contribution in [2.24, 2.45) is 0 Å². The van der Waals surface area contributed by atoms with Crippen molar-refractivity contribution in [1.82, 2.24) is 0 Å². The minimum Gasteiger partial charge on any atom is -0.497 e. The molecule has 0 heterocycles. The van der Waals surface area contributed by atoms with Gasteiger partial charge in [0.25, 0.3) is 0 Å². The molecule has 1 rings (SSSR count). The van der Waals surface area contributed by atoms with Crippen LogP contribution in [0.1, 0.15) is 11.1 Å². The SMILES string of the molecule is COc1cc(CCO)c(OC)c(CCO)c1. The molecule has 1 aromatic carbocycles. The first-order valence-electron chi connectivity index (χ1n) is 5.22. The second-order valence-electron chi connectivity index (χ2n) is 3.43. The molecule has 0 aliphatic heterocycles. The average Bonchev–Trinajstić information content (AvgIpc) is 2.29. The molecule has 1 aromatic rings. The lowest BCUT2D eigenvalue weighted by Crippen LogP contribution is -2.02. The number of ether oxygens (including phenoxy) is 2. The Morgan fingerprint density at radius 3 is 1.75 bits per heavy atom. The highest BCUT2D eigenvalue weighted by atomic mass is 16.5. The first-order valence-corrected chi connectivity index (χ1v) is 5.22. The lowest BCUT2D eigenvalue weighted by atomic mass is 10.0. The van der Waals surface area contributed by atoms with Crippen molar-refractivity contribution < 1.29 is 19.7 Å². The molecule has 0 aromatic heterocycles. The van der Waals surface area contributed by atoms with Crippen LogP contribution < -0.4 is 9.47 Å². The minimum atomic E-state index is 0.0576. The number of methoxy groups -OCH3 is 2. The van der Waals surface area contributed by atoms with E-state index in [1.165, 1.54) is 0 Å². The maximum absolute atomic E-state index is 8.98. The molecule has 4 nitrogen and oxygen atoms in total. The van der Waals surface area contributed by atoms with E-state index in [4.69, 9.17) is 19.7 Å². The van der Waals surface area contributed by atoms with Gasteiger partial charge >= 0.3 is 0 Å². The lowest BCUT2D eigenvalue weighted by molar-refractivity contribution is 0.291. The van der Waals surface area contributed by atoms with Gasteiger partial charge < -0.3 is 19.7 Å². The summed E-state index contributed by atoms with van der Waals surface area (Å²) in [5, 5.41) is 18.0. The highest BCUT2D eigenvalue weighted by molar-refractivity contribution is 5.47. The van der Waals surface area contributed by atoms with Crippen molar-refractivity contribution in [3.05, 3.63) is 23.3 Å². The molecule has 0 aliphatic carbocycles. The molecule has 0 unspecified atom stereocenters. The molecule has 0 fully saturated rings. The molecule has 4 heteroatoms. The van der Waals surface area contributed by atoms with E-state index < -0.39 is 0 Å². The van der Waals surface area contributed by atoms with Crippen LogP contribution >= 0.6 is 0 Å². The summed E-state index contributed by atoms with van der Waals surface area (Å²) < 4.78 is 10.5. The summed E-state index contributed by atoms with van der Waals surface area (Å²) in [4.78, 5) is 0. The molecule has 16 heavy (non-hydrogen) atoms. The Kier molecular flexibility index (Phi) is 5.08. The van der Waals surface area contributed by atoms with Crippen molar-refractivity contribution in [2.45, 2.75) is 12.8 Å². The molecular weight excluding hydrogens is 208 g/mol. The van der Waals surface area contributed by atoms with Crippen molar-refractivity contribution in [2.75, 3.05) is 27.4 Å². The number of hydrogen-bond donors (Lipinski definition) is 2. The van der Waals surface area contributed by atoms with Gasteiger partial charge in [-0.25, -0.2) is 0 Å². The number of aliphatic hydroxyl groups excluding tert-OH is 2. The van der Waals surface area contributed by atoms with Gasteiger partial charge in [-0.2, -0.15) is 0 Å². The van der Waals surface area contributed by atoms with Gasteiger partial charge in [0.2, 0.25) is 0 Å². The fourth-order valence-electron chi connectivity index (χ4n) is 1.71. The molecule has 0 aliphatic rings. The first kappa shape index (κ1) is 12.8. The summed E-state index contributed by atoms with van der Waals surface area (Å²) in [5.41, 5.74) is 1.79. The third-order valence-corrected chi connectivity index (χ3v) is 2.42.